The Kier molecular flexibility index (Phi) is 4.02. The van der Waals surface area contributed by atoms with E-state index in [9.17, 15) is 5.11 Å². The Hall–Kier alpha value is -3.01. The van der Waals surface area contributed by atoms with Crippen molar-refractivity contribution in [3.63, 3.8) is 0 Å². The summed E-state index contributed by atoms with van der Waals surface area (Å²) < 4.78 is 8.23. The van der Waals surface area contributed by atoms with E-state index in [0.29, 0.717) is 0 Å². The Morgan fingerprint density at radius 1 is 1.12 bits per heavy atom. The van der Waals surface area contributed by atoms with Crippen molar-refractivity contribution in [3.8, 4) is 11.5 Å². The Morgan fingerprint density at radius 2 is 1.96 bits per heavy atom. The molecule has 3 aromatic rings. The van der Waals surface area contributed by atoms with E-state index in [-0.39, 0.29) is 11.9 Å². The standard InChI is InChI=1S/C21H20N2O2/c1-23-13-12-22-21(23)17-14-16-18(24)8-5-9-19(16)25-20(17)11-10-15-6-3-2-4-7-15/h2-9,12-14,20,24H,10-11H2,1H3. The predicted octanol–water partition coefficient (Wildman–Crippen LogP) is 4.06. The molecule has 2 aromatic carbocycles. The molecule has 1 atom stereocenters. The number of phenols is 1. The van der Waals surface area contributed by atoms with Crippen LogP contribution in [0.4, 0.5) is 0 Å². The molecule has 0 spiro atoms. The van der Waals surface area contributed by atoms with E-state index in [1.54, 1.807) is 12.3 Å². The summed E-state index contributed by atoms with van der Waals surface area (Å²) in [6.07, 6.45) is 7.37. The molecular formula is C21H20N2O2. The van der Waals surface area contributed by atoms with Crippen LogP contribution in [0.5, 0.6) is 11.5 Å². The number of aromatic hydroxyl groups is 1. The number of fused-ring (bicyclic) bond motifs is 1. The molecular weight excluding hydrogens is 312 g/mol. The monoisotopic (exact) mass is 332 g/mol. The molecule has 1 aliphatic heterocycles. The third kappa shape index (κ3) is 3.03. The SMILES string of the molecule is Cn1ccnc1C1=Cc2c(O)cccc2OC1CCc1ccccc1. The maximum Gasteiger partial charge on any atom is 0.139 e. The molecule has 0 amide bonds. The van der Waals surface area contributed by atoms with Crippen LogP contribution in [0.3, 0.4) is 0 Å². The van der Waals surface area contributed by atoms with Crippen molar-refractivity contribution in [2.75, 3.05) is 0 Å². The van der Waals surface area contributed by atoms with E-state index in [1.807, 2.05) is 42.1 Å². The summed E-state index contributed by atoms with van der Waals surface area (Å²) in [5.74, 6) is 1.81. The summed E-state index contributed by atoms with van der Waals surface area (Å²) in [6.45, 7) is 0. The number of hydrogen-bond donors (Lipinski definition) is 1. The first-order chi connectivity index (χ1) is 12.2. The zero-order chi connectivity index (χ0) is 17.2. The molecule has 0 radical (unpaired) electrons. The number of phenolic OH excluding ortho intramolecular Hbond substituents is 1. The fourth-order valence-electron chi connectivity index (χ4n) is 3.25. The van der Waals surface area contributed by atoms with Gasteiger partial charge in [-0.15, -0.1) is 0 Å². The van der Waals surface area contributed by atoms with Gasteiger partial charge in [-0.1, -0.05) is 36.4 Å². The molecule has 0 saturated heterocycles. The Morgan fingerprint density at radius 3 is 2.72 bits per heavy atom. The van der Waals surface area contributed by atoms with Gasteiger partial charge in [0.05, 0.1) is 5.56 Å². The highest BCUT2D eigenvalue weighted by Gasteiger charge is 2.27. The zero-order valence-corrected chi connectivity index (χ0v) is 14.1. The first-order valence-electron chi connectivity index (χ1n) is 8.44. The van der Waals surface area contributed by atoms with Crippen LogP contribution in [0, 0.1) is 0 Å². The van der Waals surface area contributed by atoms with Gasteiger partial charge in [0, 0.05) is 25.0 Å². The molecule has 0 aliphatic carbocycles. The fraction of sp³-hybridized carbons (Fsp3) is 0.190. The topological polar surface area (TPSA) is 47.3 Å². The minimum Gasteiger partial charge on any atom is -0.507 e. The quantitative estimate of drug-likeness (QED) is 0.784. The highest BCUT2D eigenvalue weighted by molar-refractivity contribution is 5.87. The summed E-state index contributed by atoms with van der Waals surface area (Å²) in [7, 11) is 1.97. The van der Waals surface area contributed by atoms with Crippen LogP contribution in [-0.2, 0) is 13.5 Å². The largest absolute Gasteiger partial charge is 0.507 e. The molecule has 0 saturated carbocycles. The highest BCUT2D eigenvalue weighted by Crippen LogP contribution is 2.39. The predicted molar refractivity (Wildman–Crippen MR) is 98.4 cm³/mol. The normalized spacial score (nSPS) is 16.0. The summed E-state index contributed by atoms with van der Waals surface area (Å²) in [5, 5.41) is 10.2. The van der Waals surface area contributed by atoms with Gasteiger partial charge in [-0.3, -0.25) is 0 Å². The number of nitrogens with zero attached hydrogens (tertiary/aromatic N) is 2. The first-order valence-corrected chi connectivity index (χ1v) is 8.44. The van der Waals surface area contributed by atoms with Gasteiger partial charge in [0.25, 0.3) is 0 Å². The molecule has 1 N–H and O–H groups in total. The third-order valence-electron chi connectivity index (χ3n) is 4.58. The second kappa shape index (κ2) is 6.48. The van der Waals surface area contributed by atoms with Crippen molar-refractivity contribution in [2.45, 2.75) is 18.9 Å². The van der Waals surface area contributed by atoms with Crippen LogP contribution in [0.2, 0.25) is 0 Å². The van der Waals surface area contributed by atoms with Crippen LogP contribution in [0.25, 0.3) is 11.6 Å². The van der Waals surface area contributed by atoms with Crippen LogP contribution in [0.1, 0.15) is 23.4 Å². The summed E-state index contributed by atoms with van der Waals surface area (Å²) in [4.78, 5) is 4.48. The minimum atomic E-state index is -0.101. The lowest BCUT2D eigenvalue weighted by molar-refractivity contribution is 0.242. The van der Waals surface area contributed by atoms with Crippen molar-refractivity contribution in [1.29, 1.82) is 0 Å². The van der Waals surface area contributed by atoms with E-state index >= 15 is 0 Å². The molecule has 1 unspecified atom stereocenters. The molecule has 4 heteroatoms. The molecule has 2 heterocycles. The molecule has 4 nitrogen and oxygen atoms in total. The van der Waals surface area contributed by atoms with Crippen molar-refractivity contribution >= 4 is 11.6 Å². The zero-order valence-electron chi connectivity index (χ0n) is 14.1. The minimum absolute atomic E-state index is 0.101. The smallest absolute Gasteiger partial charge is 0.139 e. The van der Waals surface area contributed by atoms with Crippen molar-refractivity contribution in [1.82, 2.24) is 9.55 Å². The summed E-state index contributed by atoms with van der Waals surface area (Å²) >= 11 is 0. The maximum atomic E-state index is 10.2. The maximum absolute atomic E-state index is 10.2. The highest BCUT2D eigenvalue weighted by atomic mass is 16.5. The van der Waals surface area contributed by atoms with E-state index in [1.165, 1.54) is 5.56 Å². The number of benzene rings is 2. The van der Waals surface area contributed by atoms with E-state index in [2.05, 4.69) is 29.2 Å². The molecule has 1 aliphatic rings. The van der Waals surface area contributed by atoms with Crippen LogP contribution >= 0.6 is 0 Å². The lowest BCUT2D eigenvalue weighted by Crippen LogP contribution is -2.24. The van der Waals surface area contributed by atoms with Crippen LogP contribution in [0.15, 0.2) is 60.9 Å². The number of aromatic nitrogens is 2. The first kappa shape index (κ1) is 15.5. The second-order valence-corrected chi connectivity index (χ2v) is 6.28. The van der Waals surface area contributed by atoms with Crippen molar-refractivity contribution < 1.29 is 9.84 Å². The lowest BCUT2D eigenvalue weighted by Gasteiger charge is -2.27. The average molecular weight is 332 g/mol. The number of aryl methyl sites for hydroxylation is 2. The number of ether oxygens (including phenoxy) is 1. The number of rotatable bonds is 4. The average Bonchev–Trinajstić information content (AvgIpc) is 3.06. The molecule has 4 rings (SSSR count). The van der Waals surface area contributed by atoms with Gasteiger partial charge in [-0.05, 0) is 36.6 Å². The Bertz CT molecular complexity index is 913. The van der Waals surface area contributed by atoms with Crippen LogP contribution in [-0.4, -0.2) is 20.8 Å². The third-order valence-corrected chi connectivity index (χ3v) is 4.58. The number of imidazole rings is 1. The number of hydrogen-bond acceptors (Lipinski definition) is 3. The summed E-state index contributed by atoms with van der Waals surface area (Å²) in [6, 6.07) is 15.8. The van der Waals surface area contributed by atoms with E-state index in [4.69, 9.17) is 4.74 Å². The molecule has 126 valence electrons. The van der Waals surface area contributed by atoms with Gasteiger partial charge >= 0.3 is 0 Å². The van der Waals surface area contributed by atoms with Crippen LogP contribution < -0.4 is 4.74 Å². The molecule has 25 heavy (non-hydrogen) atoms. The Labute approximate surface area is 147 Å². The molecule has 0 bridgehead atoms. The van der Waals surface area contributed by atoms with Gasteiger partial charge in [0.2, 0.25) is 0 Å². The van der Waals surface area contributed by atoms with Gasteiger partial charge < -0.3 is 14.4 Å². The lowest BCUT2D eigenvalue weighted by atomic mass is 9.95. The molecule has 0 fully saturated rings. The van der Waals surface area contributed by atoms with E-state index < -0.39 is 0 Å². The fourth-order valence-corrected chi connectivity index (χ4v) is 3.25. The summed E-state index contributed by atoms with van der Waals surface area (Å²) in [5.41, 5.74) is 3.00. The van der Waals surface area contributed by atoms with Gasteiger partial charge in [0.1, 0.15) is 23.4 Å². The Balaban J connectivity index is 1.69. The van der Waals surface area contributed by atoms with Crippen molar-refractivity contribution in [2.24, 2.45) is 7.05 Å². The van der Waals surface area contributed by atoms with Gasteiger partial charge in [-0.2, -0.15) is 0 Å². The van der Waals surface area contributed by atoms with Crippen molar-refractivity contribution in [3.05, 3.63) is 77.9 Å². The second-order valence-electron chi connectivity index (χ2n) is 6.28. The molecule has 1 aromatic heterocycles. The van der Waals surface area contributed by atoms with E-state index in [0.717, 1.165) is 35.6 Å². The van der Waals surface area contributed by atoms with Gasteiger partial charge in [0.15, 0.2) is 0 Å². The van der Waals surface area contributed by atoms with Gasteiger partial charge in [-0.25, -0.2) is 4.98 Å².